The highest BCUT2D eigenvalue weighted by molar-refractivity contribution is 5.74. The summed E-state index contributed by atoms with van der Waals surface area (Å²) >= 11 is 0. The zero-order valence-corrected chi connectivity index (χ0v) is 7.53. The topological polar surface area (TPSA) is 49.8 Å². The van der Waals surface area contributed by atoms with E-state index < -0.39 is 0 Å². The molecule has 0 saturated heterocycles. The summed E-state index contributed by atoms with van der Waals surface area (Å²) in [5, 5.41) is 9.98. The standard InChI is InChI=1S/C11H8N2O/c12-7-11(3-4-11)9-6-8-2-1-5-13-10(8)14-9/h1-2,5-6H,3-4H2. The molecule has 1 saturated carbocycles. The van der Waals surface area contributed by atoms with Crippen molar-refractivity contribution in [3.8, 4) is 6.07 Å². The number of hydrogen-bond donors (Lipinski definition) is 0. The van der Waals surface area contributed by atoms with Gasteiger partial charge in [-0.3, -0.25) is 0 Å². The fraction of sp³-hybridized carbons (Fsp3) is 0.273. The third-order valence-corrected chi connectivity index (χ3v) is 2.73. The van der Waals surface area contributed by atoms with E-state index in [2.05, 4.69) is 11.1 Å². The Morgan fingerprint density at radius 2 is 2.36 bits per heavy atom. The van der Waals surface area contributed by atoms with Crippen LogP contribution in [-0.4, -0.2) is 4.98 Å². The molecular weight excluding hydrogens is 176 g/mol. The van der Waals surface area contributed by atoms with Gasteiger partial charge in [0.25, 0.3) is 0 Å². The molecule has 0 atom stereocenters. The van der Waals surface area contributed by atoms with Gasteiger partial charge in [0.2, 0.25) is 5.71 Å². The second kappa shape index (κ2) is 2.36. The van der Waals surface area contributed by atoms with E-state index in [0.717, 1.165) is 24.0 Å². The summed E-state index contributed by atoms with van der Waals surface area (Å²) in [6, 6.07) is 8.05. The number of aromatic nitrogens is 1. The zero-order chi connectivity index (χ0) is 9.60. The molecule has 0 aromatic carbocycles. The Balaban J connectivity index is 2.21. The molecule has 0 amide bonds. The number of rotatable bonds is 1. The molecule has 1 aliphatic rings. The highest BCUT2D eigenvalue weighted by Crippen LogP contribution is 2.48. The average Bonchev–Trinajstić information content (AvgIpc) is 2.91. The van der Waals surface area contributed by atoms with Crippen LogP contribution >= 0.6 is 0 Å². The Bertz CT molecular complexity index is 498. The minimum Gasteiger partial charge on any atom is -0.441 e. The first-order valence-corrected chi connectivity index (χ1v) is 4.60. The fourth-order valence-corrected chi connectivity index (χ4v) is 1.65. The summed E-state index contributed by atoms with van der Waals surface area (Å²) in [7, 11) is 0. The van der Waals surface area contributed by atoms with E-state index in [-0.39, 0.29) is 5.41 Å². The second-order valence-electron chi connectivity index (χ2n) is 3.70. The molecule has 0 radical (unpaired) electrons. The van der Waals surface area contributed by atoms with Crippen LogP contribution in [0.5, 0.6) is 0 Å². The van der Waals surface area contributed by atoms with Gasteiger partial charge in [-0.15, -0.1) is 0 Å². The van der Waals surface area contributed by atoms with Gasteiger partial charge in [-0.25, -0.2) is 4.98 Å². The van der Waals surface area contributed by atoms with Crippen molar-refractivity contribution in [2.75, 3.05) is 0 Å². The number of furan rings is 1. The molecule has 0 aliphatic heterocycles. The summed E-state index contributed by atoms with van der Waals surface area (Å²) in [6.45, 7) is 0. The van der Waals surface area contributed by atoms with Crippen LogP contribution in [0.15, 0.2) is 28.8 Å². The fourth-order valence-electron chi connectivity index (χ4n) is 1.65. The lowest BCUT2D eigenvalue weighted by molar-refractivity contribution is 0.515. The van der Waals surface area contributed by atoms with Gasteiger partial charge < -0.3 is 4.42 Å². The first-order chi connectivity index (χ1) is 6.84. The number of fused-ring (bicyclic) bond motifs is 1. The van der Waals surface area contributed by atoms with Gasteiger partial charge >= 0.3 is 0 Å². The molecule has 68 valence electrons. The van der Waals surface area contributed by atoms with Crippen molar-refractivity contribution in [3.05, 3.63) is 30.2 Å². The van der Waals surface area contributed by atoms with Crippen molar-refractivity contribution in [2.24, 2.45) is 0 Å². The number of hydrogen-bond acceptors (Lipinski definition) is 3. The molecule has 0 N–H and O–H groups in total. The SMILES string of the molecule is N#CC1(c2cc3cccnc3o2)CC1. The van der Waals surface area contributed by atoms with Gasteiger partial charge in [-0.2, -0.15) is 5.26 Å². The third-order valence-electron chi connectivity index (χ3n) is 2.73. The van der Waals surface area contributed by atoms with Crippen molar-refractivity contribution >= 4 is 11.1 Å². The van der Waals surface area contributed by atoms with Crippen molar-refractivity contribution in [2.45, 2.75) is 18.3 Å². The second-order valence-corrected chi connectivity index (χ2v) is 3.70. The molecule has 0 bridgehead atoms. The van der Waals surface area contributed by atoms with E-state index in [1.165, 1.54) is 0 Å². The summed E-state index contributed by atoms with van der Waals surface area (Å²) < 4.78 is 5.55. The zero-order valence-electron chi connectivity index (χ0n) is 7.53. The van der Waals surface area contributed by atoms with Crippen molar-refractivity contribution in [1.82, 2.24) is 4.98 Å². The quantitative estimate of drug-likeness (QED) is 0.683. The molecular formula is C11H8N2O. The highest BCUT2D eigenvalue weighted by Gasteiger charge is 2.48. The first-order valence-electron chi connectivity index (χ1n) is 4.60. The first kappa shape index (κ1) is 7.57. The lowest BCUT2D eigenvalue weighted by Gasteiger charge is -1.96. The molecule has 1 fully saturated rings. The normalized spacial score (nSPS) is 17.9. The van der Waals surface area contributed by atoms with Crippen molar-refractivity contribution in [1.29, 1.82) is 5.26 Å². The predicted octanol–water partition coefficient (Wildman–Crippen LogP) is 2.38. The molecule has 3 heteroatoms. The van der Waals surface area contributed by atoms with Crippen LogP contribution in [0, 0.1) is 11.3 Å². The van der Waals surface area contributed by atoms with Crippen LogP contribution in [0.4, 0.5) is 0 Å². The van der Waals surface area contributed by atoms with Crippen molar-refractivity contribution in [3.63, 3.8) is 0 Å². The lowest BCUT2D eigenvalue weighted by Crippen LogP contribution is -1.99. The maximum absolute atomic E-state index is 9.00. The summed E-state index contributed by atoms with van der Waals surface area (Å²) in [6.07, 6.45) is 3.51. The molecule has 2 heterocycles. The van der Waals surface area contributed by atoms with Crippen LogP contribution in [-0.2, 0) is 5.41 Å². The van der Waals surface area contributed by atoms with Crippen LogP contribution in [0.1, 0.15) is 18.6 Å². The summed E-state index contributed by atoms with van der Waals surface area (Å²) in [5.74, 6) is 0.772. The van der Waals surface area contributed by atoms with Crippen LogP contribution in [0.25, 0.3) is 11.1 Å². The van der Waals surface area contributed by atoms with E-state index in [9.17, 15) is 0 Å². The molecule has 2 aromatic heterocycles. The number of nitriles is 1. The van der Waals surface area contributed by atoms with E-state index in [1.807, 2.05) is 18.2 Å². The minimum absolute atomic E-state index is 0.347. The summed E-state index contributed by atoms with van der Waals surface area (Å²) in [4.78, 5) is 4.10. The number of nitrogens with zero attached hydrogens (tertiary/aromatic N) is 2. The van der Waals surface area contributed by atoms with Gasteiger partial charge in [0.15, 0.2) is 0 Å². The average molecular weight is 184 g/mol. The monoisotopic (exact) mass is 184 g/mol. The molecule has 3 rings (SSSR count). The smallest absolute Gasteiger partial charge is 0.226 e. The van der Waals surface area contributed by atoms with E-state index >= 15 is 0 Å². The maximum Gasteiger partial charge on any atom is 0.226 e. The van der Waals surface area contributed by atoms with Gasteiger partial charge in [0.05, 0.1) is 6.07 Å². The molecule has 3 nitrogen and oxygen atoms in total. The van der Waals surface area contributed by atoms with Gasteiger partial charge in [-0.05, 0) is 31.0 Å². The Morgan fingerprint density at radius 1 is 1.50 bits per heavy atom. The molecule has 2 aromatic rings. The van der Waals surface area contributed by atoms with Crippen molar-refractivity contribution < 1.29 is 4.42 Å². The number of pyridine rings is 1. The molecule has 0 unspecified atom stereocenters. The lowest BCUT2D eigenvalue weighted by atomic mass is 10.1. The third kappa shape index (κ3) is 0.882. The van der Waals surface area contributed by atoms with Gasteiger partial charge in [0.1, 0.15) is 11.2 Å². The molecule has 14 heavy (non-hydrogen) atoms. The Kier molecular flexibility index (Phi) is 1.27. The molecule has 0 spiro atoms. The van der Waals surface area contributed by atoms with Crippen LogP contribution in [0.2, 0.25) is 0 Å². The Hall–Kier alpha value is -1.82. The Labute approximate surface area is 81.0 Å². The van der Waals surface area contributed by atoms with E-state index in [1.54, 1.807) is 6.20 Å². The van der Waals surface area contributed by atoms with Gasteiger partial charge in [-0.1, -0.05) is 0 Å². The van der Waals surface area contributed by atoms with E-state index in [4.69, 9.17) is 9.68 Å². The van der Waals surface area contributed by atoms with Crippen LogP contribution in [0.3, 0.4) is 0 Å². The molecule has 1 aliphatic carbocycles. The van der Waals surface area contributed by atoms with E-state index in [0.29, 0.717) is 5.71 Å². The minimum atomic E-state index is -0.347. The maximum atomic E-state index is 9.00. The van der Waals surface area contributed by atoms with Gasteiger partial charge in [0, 0.05) is 11.6 Å². The van der Waals surface area contributed by atoms with Crippen LogP contribution < -0.4 is 0 Å². The highest BCUT2D eigenvalue weighted by atomic mass is 16.3. The Morgan fingerprint density at radius 3 is 3.00 bits per heavy atom. The largest absolute Gasteiger partial charge is 0.441 e. The summed E-state index contributed by atoms with van der Waals surface area (Å²) in [5.41, 5.74) is 0.282. The predicted molar refractivity (Wildman–Crippen MR) is 50.5 cm³/mol.